The topological polar surface area (TPSA) is 104 Å². The summed E-state index contributed by atoms with van der Waals surface area (Å²) in [6.07, 6.45) is 3.85. The molecule has 4 aromatic rings. The first-order valence-corrected chi connectivity index (χ1v) is 9.29. The normalized spacial score (nSPS) is 11.8. The summed E-state index contributed by atoms with van der Waals surface area (Å²) in [4.78, 5) is 25.2. The standard InChI is InChI=1S/C21H20N6O3/c1-13-8-9-18(22-10-13)26-20(28)14(2)30-21-15-11-25-27(19(15)23-12-24-21)16-6-4-5-7-17(16)29-3/h4-12,14H,1-3H3,(H,22,26,28). The summed E-state index contributed by atoms with van der Waals surface area (Å²) in [6, 6.07) is 11.1. The summed E-state index contributed by atoms with van der Waals surface area (Å²) in [5.41, 5.74) is 2.28. The Morgan fingerprint density at radius 3 is 2.70 bits per heavy atom. The van der Waals surface area contributed by atoms with E-state index >= 15 is 0 Å². The molecule has 0 radical (unpaired) electrons. The van der Waals surface area contributed by atoms with E-state index in [-0.39, 0.29) is 11.8 Å². The molecule has 0 bridgehead atoms. The maximum absolute atomic E-state index is 12.5. The van der Waals surface area contributed by atoms with Crippen LogP contribution < -0.4 is 14.8 Å². The summed E-state index contributed by atoms with van der Waals surface area (Å²) >= 11 is 0. The molecule has 1 aromatic carbocycles. The van der Waals surface area contributed by atoms with E-state index in [0.29, 0.717) is 22.6 Å². The second kappa shape index (κ2) is 8.16. The van der Waals surface area contributed by atoms with Gasteiger partial charge in [-0.15, -0.1) is 0 Å². The average molecular weight is 404 g/mol. The van der Waals surface area contributed by atoms with E-state index in [1.54, 1.807) is 37.2 Å². The van der Waals surface area contributed by atoms with Gasteiger partial charge >= 0.3 is 0 Å². The van der Waals surface area contributed by atoms with Crippen LogP contribution in [-0.2, 0) is 4.79 Å². The van der Waals surface area contributed by atoms with Crippen molar-refractivity contribution in [3.05, 3.63) is 60.7 Å². The number of hydrogen-bond donors (Lipinski definition) is 1. The first-order valence-electron chi connectivity index (χ1n) is 9.29. The first-order chi connectivity index (χ1) is 14.6. The molecule has 0 aliphatic rings. The molecule has 3 heterocycles. The molecular weight excluding hydrogens is 384 g/mol. The molecule has 1 unspecified atom stereocenters. The Balaban J connectivity index is 1.58. The van der Waals surface area contributed by atoms with Crippen LogP contribution in [0.5, 0.6) is 11.6 Å². The molecule has 30 heavy (non-hydrogen) atoms. The molecule has 1 atom stereocenters. The third kappa shape index (κ3) is 3.77. The summed E-state index contributed by atoms with van der Waals surface area (Å²) in [7, 11) is 1.59. The molecule has 0 aliphatic heterocycles. The number of carbonyl (C=O) groups excluding carboxylic acids is 1. The fourth-order valence-electron chi connectivity index (χ4n) is 2.89. The lowest BCUT2D eigenvalue weighted by molar-refractivity contribution is -0.122. The number of anilines is 1. The van der Waals surface area contributed by atoms with Crippen LogP contribution in [0, 0.1) is 6.92 Å². The van der Waals surface area contributed by atoms with Crippen LogP contribution in [0.1, 0.15) is 12.5 Å². The van der Waals surface area contributed by atoms with Crippen molar-refractivity contribution in [1.29, 1.82) is 0 Å². The fraction of sp³-hybridized carbons (Fsp3) is 0.190. The fourth-order valence-corrected chi connectivity index (χ4v) is 2.89. The zero-order valence-corrected chi connectivity index (χ0v) is 16.7. The monoisotopic (exact) mass is 404 g/mol. The Morgan fingerprint density at radius 1 is 1.10 bits per heavy atom. The van der Waals surface area contributed by atoms with E-state index < -0.39 is 6.10 Å². The minimum absolute atomic E-state index is 0.265. The number of carbonyl (C=O) groups is 1. The lowest BCUT2D eigenvalue weighted by atomic mass is 10.3. The lowest BCUT2D eigenvalue weighted by Crippen LogP contribution is -2.30. The Bertz CT molecular complexity index is 1190. The number of aromatic nitrogens is 5. The molecule has 3 aromatic heterocycles. The molecule has 9 nitrogen and oxygen atoms in total. The molecule has 0 spiro atoms. The van der Waals surface area contributed by atoms with E-state index in [1.165, 1.54) is 6.33 Å². The van der Waals surface area contributed by atoms with Crippen molar-refractivity contribution in [2.45, 2.75) is 20.0 Å². The van der Waals surface area contributed by atoms with Crippen molar-refractivity contribution >= 4 is 22.8 Å². The van der Waals surface area contributed by atoms with Crippen molar-refractivity contribution in [1.82, 2.24) is 24.7 Å². The highest BCUT2D eigenvalue weighted by atomic mass is 16.5. The zero-order valence-electron chi connectivity index (χ0n) is 16.7. The number of aryl methyl sites for hydroxylation is 1. The molecule has 9 heteroatoms. The van der Waals surface area contributed by atoms with Gasteiger partial charge in [-0.1, -0.05) is 18.2 Å². The van der Waals surface area contributed by atoms with Crippen LogP contribution in [0.25, 0.3) is 16.7 Å². The van der Waals surface area contributed by atoms with Crippen LogP contribution in [-0.4, -0.2) is 43.9 Å². The molecule has 0 fully saturated rings. The molecule has 0 saturated heterocycles. The van der Waals surface area contributed by atoms with Gasteiger partial charge in [0.2, 0.25) is 5.88 Å². The molecular formula is C21H20N6O3. The smallest absolute Gasteiger partial charge is 0.266 e. The number of ether oxygens (including phenoxy) is 2. The third-order valence-corrected chi connectivity index (χ3v) is 4.46. The summed E-state index contributed by atoms with van der Waals surface area (Å²) in [5, 5.41) is 7.71. The van der Waals surface area contributed by atoms with E-state index in [9.17, 15) is 4.79 Å². The van der Waals surface area contributed by atoms with Gasteiger partial charge < -0.3 is 14.8 Å². The first kappa shape index (κ1) is 19.3. The zero-order chi connectivity index (χ0) is 21.1. The number of nitrogens with one attached hydrogen (secondary N) is 1. The number of para-hydroxylation sites is 2. The summed E-state index contributed by atoms with van der Waals surface area (Å²) in [6.45, 7) is 3.57. The highest BCUT2D eigenvalue weighted by molar-refractivity contribution is 5.93. The quantitative estimate of drug-likeness (QED) is 0.527. The molecule has 152 valence electrons. The molecule has 1 amide bonds. The second-order valence-corrected chi connectivity index (χ2v) is 6.61. The average Bonchev–Trinajstić information content (AvgIpc) is 3.20. The number of benzene rings is 1. The van der Waals surface area contributed by atoms with Crippen LogP contribution in [0.15, 0.2) is 55.1 Å². The number of pyridine rings is 1. The maximum Gasteiger partial charge on any atom is 0.266 e. The predicted molar refractivity (Wildman–Crippen MR) is 111 cm³/mol. The van der Waals surface area contributed by atoms with E-state index in [4.69, 9.17) is 9.47 Å². The number of fused-ring (bicyclic) bond motifs is 1. The highest BCUT2D eigenvalue weighted by Crippen LogP contribution is 2.28. The van der Waals surface area contributed by atoms with Gasteiger partial charge in [0.15, 0.2) is 11.8 Å². The predicted octanol–water partition coefficient (Wildman–Crippen LogP) is 2.93. The van der Waals surface area contributed by atoms with Gasteiger partial charge in [0, 0.05) is 6.20 Å². The number of hydrogen-bond acceptors (Lipinski definition) is 7. The van der Waals surface area contributed by atoms with Gasteiger partial charge in [0.1, 0.15) is 29.0 Å². The van der Waals surface area contributed by atoms with Gasteiger partial charge in [-0.05, 0) is 37.6 Å². The third-order valence-electron chi connectivity index (χ3n) is 4.46. The number of nitrogens with zero attached hydrogens (tertiary/aromatic N) is 5. The Labute approximate surface area is 172 Å². The van der Waals surface area contributed by atoms with E-state index in [2.05, 4.69) is 25.4 Å². The van der Waals surface area contributed by atoms with Crippen molar-refractivity contribution in [2.24, 2.45) is 0 Å². The Hall–Kier alpha value is -4.01. The van der Waals surface area contributed by atoms with Gasteiger partial charge in [0.05, 0.1) is 13.3 Å². The summed E-state index contributed by atoms with van der Waals surface area (Å²) in [5.74, 6) is 1.04. The minimum Gasteiger partial charge on any atom is -0.494 e. The number of rotatable bonds is 6. The Kier molecular flexibility index (Phi) is 5.25. The SMILES string of the molecule is COc1ccccc1-n1ncc2c(OC(C)C(=O)Nc3ccc(C)cn3)ncnc21. The molecule has 0 saturated carbocycles. The van der Waals surface area contributed by atoms with Crippen LogP contribution in [0.2, 0.25) is 0 Å². The van der Waals surface area contributed by atoms with Gasteiger partial charge in [-0.3, -0.25) is 4.79 Å². The number of methoxy groups -OCH3 is 1. The molecule has 1 N–H and O–H groups in total. The van der Waals surface area contributed by atoms with Crippen molar-refractivity contribution < 1.29 is 14.3 Å². The Morgan fingerprint density at radius 2 is 1.93 bits per heavy atom. The molecule has 0 aliphatic carbocycles. The van der Waals surface area contributed by atoms with Gasteiger partial charge in [-0.2, -0.15) is 5.10 Å². The van der Waals surface area contributed by atoms with Crippen molar-refractivity contribution in [2.75, 3.05) is 12.4 Å². The lowest BCUT2D eigenvalue weighted by Gasteiger charge is -2.14. The maximum atomic E-state index is 12.5. The van der Waals surface area contributed by atoms with Crippen molar-refractivity contribution in [3.63, 3.8) is 0 Å². The summed E-state index contributed by atoms with van der Waals surface area (Å²) < 4.78 is 12.9. The largest absolute Gasteiger partial charge is 0.494 e. The van der Waals surface area contributed by atoms with Crippen LogP contribution in [0.4, 0.5) is 5.82 Å². The van der Waals surface area contributed by atoms with E-state index in [0.717, 1.165) is 11.3 Å². The number of amides is 1. The van der Waals surface area contributed by atoms with Crippen LogP contribution in [0.3, 0.4) is 0 Å². The van der Waals surface area contributed by atoms with Crippen molar-refractivity contribution in [3.8, 4) is 17.3 Å². The minimum atomic E-state index is -0.805. The highest BCUT2D eigenvalue weighted by Gasteiger charge is 2.20. The van der Waals surface area contributed by atoms with Gasteiger partial charge in [0.25, 0.3) is 5.91 Å². The van der Waals surface area contributed by atoms with Crippen LogP contribution >= 0.6 is 0 Å². The van der Waals surface area contributed by atoms with E-state index in [1.807, 2.05) is 37.3 Å². The molecule has 4 rings (SSSR count). The van der Waals surface area contributed by atoms with Gasteiger partial charge in [-0.25, -0.2) is 19.6 Å². The second-order valence-electron chi connectivity index (χ2n) is 6.61.